The maximum atomic E-state index is 13.3. The van der Waals surface area contributed by atoms with Crippen molar-refractivity contribution < 1.29 is 9.59 Å². The second-order valence-electron chi connectivity index (χ2n) is 10.3. The quantitative estimate of drug-likeness (QED) is 0.499. The largest absolute Gasteiger partial charge is 0.337 e. The number of rotatable bonds is 6. The number of nitrogens with one attached hydrogen (secondary N) is 1. The second-order valence-corrected chi connectivity index (χ2v) is 10.3. The lowest BCUT2D eigenvalue weighted by atomic mass is 10.1. The van der Waals surface area contributed by atoms with Crippen molar-refractivity contribution in [2.24, 2.45) is 0 Å². The maximum Gasteiger partial charge on any atom is 0.258 e. The Kier molecular flexibility index (Phi) is 7.37. The average molecular weight is 501 g/mol. The minimum Gasteiger partial charge on any atom is -0.337 e. The summed E-state index contributed by atoms with van der Waals surface area (Å²) in [6.07, 6.45) is 8.38. The molecule has 2 aliphatic heterocycles. The highest BCUT2D eigenvalue weighted by molar-refractivity contribution is 6.04. The van der Waals surface area contributed by atoms with Crippen molar-refractivity contribution in [3.8, 4) is 0 Å². The van der Waals surface area contributed by atoms with Crippen LogP contribution in [-0.2, 0) is 11.3 Å². The van der Waals surface area contributed by atoms with Gasteiger partial charge in [0, 0.05) is 37.1 Å². The average Bonchev–Trinajstić information content (AvgIpc) is 3.44. The van der Waals surface area contributed by atoms with E-state index < -0.39 is 0 Å². The summed E-state index contributed by atoms with van der Waals surface area (Å²) in [6.45, 7) is 12.1. The monoisotopic (exact) mass is 500 g/mol. The van der Waals surface area contributed by atoms with E-state index in [-0.39, 0.29) is 17.9 Å². The third kappa shape index (κ3) is 5.44. The van der Waals surface area contributed by atoms with Crippen LogP contribution in [0.2, 0.25) is 0 Å². The van der Waals surface area contributed by atoms with Gasteiger partial charge in [0.25, 0.3) is 5.91 Å². The van der Waals surface area contributed by atoms with Crippen LogP contribution in [0.3, 0.4) is 0 Å². The first-order valence-corrected chi connectivity index (χ1v) is 13.3. The molecule has 0 aliphatic carbocycles. The van der Waals surface area contributed by atoms with Crippen molar-refractivity contribution in [2.75, 3.05) is 31.5 Å². The predicted octanol–water partition coefficient (Wildman–Crippen LogP) is 4.64. The third-order valence-electron chi connectivity index (χ3n) is 7.52. The van der Waals surface area contributed by atoms with Gasteiger partial charge in [-0.25, -0.2) is 4.98 Å². The lowest BCUT2D eigenvalue weighted by Crippen LogP contribution is -2.34. The molecule has 1 atom stereocenters. The number of carbonyl (C=O) groups excluding carboxylic acids is 2. The van der Waals surface area contributed by atoms with Crippen LogP contribution >= 0.6 is 0 Å². The Labute approximate surface area is 218 Å². The van der Waals surface area contributed by atoms with E-state index in [9.17, 15) is 9.59 Å². The number of likely N-dealkylation sites (tertiary alicyclic amines) is 2. The molecule has 3 aromatic rings. The van der Waals surface area contributed by atoms with Gasteiger partial charge in [0.2, 0.25) is 11.9 Å². The van der Waals surface area contributed by atoms with E-state index in [2.05, 4.69) is 45.4 Å². The van der Waals surface area contributed by atoms with Crippen LogP contribution in [-0.4, -0.2) is 62.3 Å². The molecule has 2 saturated heterocycles. The Morgan fingerprint density at radius 3 is 2.65 bits per heavy atom. The fourth-order valence-corrected chi connectivity index (χ4v) is 5.76. The molecule has 0 unspecified atom stereocenters. The topological polar surface area (TPSA) is 83.4 Å². The molecule has 37 heavy (non-hydrogen) atoms. The zero-order valence-corrected chi connectivity index (χ0v) is 21.9. The van der Waals surface area contributed by atoms with E-state index in [4.69, 9.17) is 4.98 Å². The number of pyridine rings is 1. The smallest absolute Gasteiger partial charge is 0.258 e. The first-order chi connectivity index (χ1) is 17.9. The Bertz CT molecular complexity index is 1320. The van der Waals surface area contributed by atoms with Gasteiger partial charge in [0.1, 0.15) is 0 Å². The molecule has 8 heteroatoms. The number of aromatic nitrogens is 3. The number of hydrogen-bond acceptors (Lipinski definition) is 5. The van der Waals surface area contributed by atoms with Gasteiger partial charge in [0.15, 0.2) is 0 Å². The summed E-state index contributed by atoms with van der Waals surface area (Å²) in [5, 5.41) is 3.09. The van der Waals surface area contributed by atoms with Gasteiger partial charge in [-0.2, -0.15) is 0 Å². The minimum absolute atomic E-state index is 0.00555. The summed E-state index contributed by atoms with van der Waals surface area (Å²) in [5.74, 6) is 0.247. The van der Waals surface area contributed by atoms with Crippen LogP contribution in [0.4, 0.5) is 5.95 Å². The Hall–Kier alpha value is -3.52. The molecule has 194 valence electrons. The number of amides is 2. The number of benzene rings is 1. The molecule has 0 spiro atoms. The SMILES string of the molecule is C=CC(=O)N1CCCC[C@@H](n2c(NC(=O)c3ccnc(C)c3)nc3cc(CN4CCCC4)cc(C)c32)C1. The zero-order chi connectivity index (χ0) is 25.9. The molecular formula is C29H36N6O2. The highest BCUT2D eigenvalue weighted by atomic mass is 16.2. The Morgan fingerprint density at radius 1 is 1.11 bits per heavy atom. The van der Waals surface area contributed by atoms with Crippen LogP contribution in [0.1, 0.15) is 65.3 Å². The molecule has 5 rings (SSSR count). The van der Waals surface area contributed by atoms with Gasteiger partial charge in [-0.15, -0.1) is 0 Å². The molecule has 2 fully saturated rings. The van der Waals surface area contributed by atoms with Gasteiger partial charge in [-0.3, -0.25) is 24.8 Å². The number of aryl methyl sites for hydroxylation is 2. The number of carbonyl (C=O) groups is 2. The molecule has 0 radical (unpaired) electrons. The Balaban J connectivity index is 1.56. The van der Waals surface area contributed by atoms with Crippen LogP contribution in [0.25, 0.3) is 11.0 Å². The molecule has 1 N–H and O–H groups in total. The van der Waals surface area contributed by atoms with E-state index >= 15 is 0 Å². The molecule has 8 nitrogen and oxygen atoms in total. The van der Waals surface area contributed by atoms with Crippen LogP contribution in [0, 0.1) is 13.8 Å². The van der Waals surface area contributed by atoms with E-state index in [1.54, 1.807) is 18.3 Å². The second kappa shape index (κ2) is 10.8. The highest BCUT2D eigenvalue weighted by Gasteiger charge is 2.27. The van der Waals surface area contributed by atoms with E-state index in [0.29, 0.717) is 24.6 Å². The maximum absolute atomic E-state index is 13.3. The summed E-state index contributed by atoms with van der Waals surface area (Å²) in [7, 11) is 0. The lowest BCUT2D eigenvalue weighted by Gasteiger charge is -2.26. The van der Waals surface area contributed by atoms with Crippen molar-refractivity contribution in [1.82, 2.24) is 24.3 Å². The van der Waals surface area contributed by atoms with Crippen LogP contribution < -0.4 is 5.32 Å². The molecule has 2 aliphatic rings. The van der Waals surface area contributed by atoms with Crippen LogP contribution in [0.5, 0.6) is 0 Å². The molecule has 2 aromatic heterocycles. The number of anilines is 1. The first-order valence-electron chi connectivity index (χ1n) is 13.3. The van der Waals surface area contributed by atoms with Crippen molar-refractivity contribution >= 4 is 28.8 Å². The first kappa shape index (κ1) is 25.1. The molecule has 1 aromatic carbocycles. The van der Waals surface area contributed by atoms with Gasteiger partial charge in [0.05, 0.1) is 17.1 Å². The van der Waals surface area contributed by atoms with Gasteiger partial charge >= 0.3 is 0 Å². The summed E-state index contributed by atoms with van der Waals surface area (Å²) in [6, 6.07) is 7.89. The molecule has 0 saturated carbocycles. The van der Waals surface area contributed by atoms with Crippen molar-refractivity contribution in [2.45, 2.75) is 58.5 Å². The van der Waals surface area contributed by atoms with E-state index in [1.165, 1.54) is 24.5 Å². The standard InChI is InChI=1S/C29H36N6O2/c1-4-26(36)34-14-6-5-9-24(19-34)35-27-20(2)15-22(18-33-12-7-8-13-33)17-25(27)31-29(35)32-28(37)23-10-11-30-21(3)16-23/h4,10-11,15-17,24H,1,5-9,12-14,18-19H2,2-3H3,(H,31,32,37)/t24-/m1/s1. The van der Waals surface area contributed by atoms with E-state index in [1.807, 2.05) is 11.8 Å². The molecule has 2 amide bonds. The van der Waals surface area contributed by atoms with Gasteiger partial charge in [-0.05, 0) is 94.4 Å². The summed E-state index contributed by atoms with van der Waals surface area (Å²) in [5.41, 5.74) is 5.59. The van der Waals surface area contributed by atoms with Crippen molar-refractivity contribution in [3.63, 3.8) is 0 Å². The van der Waals surface area contributed by atoms with Gasteiger partial charge in [-0.1, -0.05) is 12.6 Å². The fraction of sp³-hybridized carbons (Fsp3) is 0.448. The molecule has 4 heterocycles. The van der Waals surface area contributed by atoms with Crippen molar-refractivity contribution in [3.05, 3.63) is 65.5 Å². The number of fused-ring (bicyclic) bond motifs is 1. The van der Waals surface area contributed by atoms with Gasteiger partial charge < -0.3 is 9.47 Å². The fourth-order valence-electron chi connectivity index (χ4n) is 5.76. The summed E-state index contributed by atoms with van der Waals surface area (Å²) < 4.78 is 2.16. The molecular weight excluding hydrogens is 464 g/mol. The lowest BCUT2D eigenvalue weighted by molar-refractivity contribution is -0.126. The number of hydrogen-bond donors (Lipinski definition) is 1. The van der Waals surface area contributed by atoms with E-state index in [0.717, 1.165) is 61.2 Å². The summed E-state index contributed by atoms with van der Waals surface area (Å²) >= 11 is 0. The third-order valence-corrected chi connectivity index (χ3v) is 7.52. The zero-order valence-electron chi connectivity index (χ0n) is 21.9. The number of nitrogens with zero attached hydrogens (tertiary/aromatic N) is 5. The minimum atomic E-state index is -0.218. The van der Waals surface area contributed by atoms with Crippen molar-refractivity contribution in [1.29, 1.82) is 0 Å². The Morgan fingerprint density at radius 2 is 1.89 bits per heavy atom. The highest BCUT2D eigenvalue weighted by Crippen LogP contribution is 2.33. The normalized spacial score (nSPS) is 18.6. The summed E-state index contributed by atoms with van der Waals surface area (Å²) in [4.78, 5) is 39.4. The number of imidazole rings is 1. The predicted molar refractivity (Wildman–Crippen MR) is 146 cm³/mol. The molecule has 0 bridgehead atoms. The van der Waals surface area contributed by atoms with Crippen LogP contribution in [0.15, 0.2) is 43.1 Å².